The minimum Gasteiger partial charge on any atom is -0.444 e. The molecule has 0 saturated carbocycles. The lowest BCUT2D eigenvalue weighted by molar-refractivity contribution is 0.0500. The molecule has 0 aromatic heterocycles. The summed E-state index contributed by atoms with van der Waals surface area (Å²) < 4.78 is 5.30. The maximum Gasteiger partial charge on any atom is 0.407 e. The third kappa shape index (κ3) is 3.98. The first-order valence-corrected chi connectivity index (χ1v) is 6.91. The van der Waals surface area contributed by atoms with Crippen LogP contribution >= 0.6 is 0 Å². The van der Waals surface area contributed by atoms with Crippen molar-refractivity contribution in [3.05, 3.63) is 34.9 Å². The van der Waals surface area contributed by atoms with Crippen molar-refractivity contribution in [3.63, 3.8) is 0 Å². The minimum absolute atomic E-state index is 0.185. The van der Waals surface area contributed by atoms with Crippen LogP contribution in [0.2, 0.25) is 0 Å². The largest absolute Gasteiger partial charge is 0.444 e. The van der Waals surface area contributed by atoms with Crippen LogP contribution in [-0.2, 0) is 17.6 Å². The Bertz CT molecular complexity index is 474. The van der Waals surface area contributed by atoms with E-state index in [-0.39, 0.29) is 12.1 Å². The summed E-state index contributed by atoms with van der Waals surface area (Å²) in [6.07, 6.45) is 2.59. The van der Waals surface area contributed by atoms with E-state index in [0.29, 0.717) is 0 Å². The standard InChI is InChI=1S/C16H23NO2/c1-11-5-6-13-10-14(8-7-12(13)9-11)17-15(18)19-16(2,3)4/h5-6,9,14H,7-8,10H2,1-4H3,(H,17,18). The van der Waals surface area contributed by atoms with Crippen molar-refractivity contribution in [1.82, 2.24) is 5.32 Å². The van der Waals surface area contributed by atoms with Crippen LogP contribution in [0, 0.1) is 6.92 Å². The summed E-state index contributed by atoms with van der Waals surface area (Å²) in [7, 11) is 0. The van der Waals surface area contributed by atoms with Gasteiger partial charge in [0.05, 0.1) is 0 Å². The highest BCUT2D eigenvalue weighted by atomic mass is 16.6. The second-order valence-corrected chi connectivity index (χ2v) is 6.36. The fraction of sp³-hybridized carbons (Fsp3) is 0.562. The first-order valence-electron chi connectivity index (χ1n) is 6.91. The lowest BCUT2D eigenvalue weighted by atomic mass is 9.87. The van der Waals surface area contributed by atoms with E-state index in [9.17, 15) is 4.79 Å². The maximum atomic E-state index is 11.8. The Balaban J connectivity index is 1.95. The number of rotatable bonds is 1. The van der Waals surface area contributed by atoms with E-state index in [1.54, 1.807) is 0 Å². The Kier molecular flexibility index (Phi) is 3.83. The van der Waals surface area contributed by atoms with Crippen molar-refractivity contribution in [2.24, 2.45) is 0 Å². The molecule has 1 aliphatic rings. The van der Waals surface area contributed by atoms with Gasteiger partial charge >= 0.3 is 6.09 Å². The van der Waals surface area contributed by atoms with Gasteiger partial charge in [-0.3, -0.25) is 0 Å². The number of ether oxygens (including phenoxy) is 1. The number of aryl methyl sites for hydroxylation is 2. The lowest BCUT2D eigenvalue weighted by Crippen LogP contribution is -2.41. The van der Waals surface area contributed by atoms with E-state index < -0.39 is 5.60 Å². The number of alkyl carbamates (subject to hydrolysis) is 1. The van der Waals surface area contributed by atoms with Gasteiger partial charge < -0.3 is 10.1 Å². The molecule has 0 heterocycles. The van der Waals surface area contributed by atoms with Gasteiger partial charge in [0, 0.05) is 6.04 Å². The zero-order valence-electron chi connectivity index (χ0n) is 12.2. The first-order chi connectivity index (χ1) is 8.83. The van der Waals surface area contributed by atoms with E-state index in [0.717, 1.165) is 19.3 Å². The van der Waals surface area contributed by atoms with Crippen LogP contribution < -0.4 is 5.32 Å². The van der Waals surface area contributed by atoms with Crippen molar-refractivity contribution in [3.8, 4) is 0 Å². The SMILES string of the molecule is Cc1ccc2c(c1)CCC(NC(=O)OC(C)(C)C)C2. The van der Waals surface area contributed by atoms with Crippen LogP contribution in [0.1, 0.15) is 43.9 Å². The summed E-state index contributed by atoms with van der Waals surface area (Å²) in [6, 6.07) is 6.74. The minimum atomic E-state index is -0.437. The molecule has 0 saturated heterocycles. The van der Waals surface area contributed by atoms with E-state index >= 15 is 0 Å². The van der Waals surface area contributed by atoms with Crippen molar-refractivity contribution in [2.45, 2.75) is 58.6 Å². The maximum absolute atomic E-state index is 11.8. The molecule has 2 rings (SSSR count). The number of carbonyl (C=O) groups excluding carboxylic acids is 1. The number of amides is 1. The van der Waals surface area contributed by atoms with Crippen molar-refractivity contribution in [1.29, 1.82) is 0 Å². The van der Waals surface area contributed by atoms with Crippen LogP contribution in [0.4, 0.5) is 4.79 Å². The Labute approximate surface area is 115 Å². The molecule has 1 aromatic carbocycles. The monoisotopic (exact) mass is 261 g/mol. The molecule has 1 amide bonds. The summed E-state index contributed by atoms with van der Waals surface area (Å²) in [5.41, 5.74) is 3.63. The Hall–Kier alpha value is -1.51. The molecule has 1 unspecified atom stereocenters. The Morgan fingerprint density at radius 3 is 2.74 bits per heavy atom. The van der Waals surface area contributed by atoms with Gasteiger partial charge in [-0.05, 0) is 58.1 Å². The molecule has 0 bridgehead atoms. The molecule has 1 aliphatic carbocycles. The van der Waals surface area contributed by atoms with E-state index in [1.807, 2.05) is 20.8 Å². The second-order valence-electron chi connectivity index (χ2n) is 6.36. The molecule has 0 fully saturated rings. The van der Waals surface area contributed by atoms with Gasteiger partial charge in [-0.2, -0.15) is 0 Å². The predicted octanol–water partition coefficient (Wildman–Crippen LogP) is 3.38. The van der Waals surface area contributed by atoms with E-state index in [4.69, 9.17) is 4.74 Å². The van der Waals surface area contributed by atoms with Crippen LogP contribution in [0.5, 0.6) is 0 Å². The van der Waals surface area contributed by atoms with Gasteiger partial charge in [-0.1, -0.05) is 23.8 Å². The zero-order valence-corrected chi connectivity index (χ0v) is 12.2. The molecule has 0 spiro atoms. The molecule has 1 N–H and O–H groups in total. The zero-order chi connectivity index (χ0) is 14.0. The third-order valence-corrected chi connectivity index (χ3v) is 3.31. The number of nitrogens with one attached hydrogen (secondary N) is 1. The summed E-state index contributed by atoms with van der Waals surface area (Å²) in [4.78, 5) is 11.8. The Morgan fingerprint density at radius 1 is 1.32 bits per heavy atom. The van der Waals surface area contributed by atoms with Gasteiger partial charge in [-0.25, -0.2) is 4.79 Å². The van der Waals surface area contributed by atoms with Crippen molar-refractivity contribution < 1.29 is 9.53 Å². The molecule has 1 aromatic rings. The van der Waals surface area contributed by atoms with Gasteiger partial charge in [0.1, 0.15) is 5.60 Å². The third-order valence-electron chi connectivity index (χ3n) is 3.31. The van der Waals surface area contributed by atoms with E-state index in [1.165, 1.54) is 16.7 Å². The topological polar surface area (TPSA) is 38.3 Å². The highest BCUT2D eigenvalue weighted by molar-refractivity contribution is 5.68. The molecule has 1 atom stereocenters. The average Bonchev–Trinajstić information content (AvgIpc) is 2.26. The molecule has 0 aliphatic heterocycles. The smallest absolute Gasteiger partial charge is 0.407 e. The highest BCUT2D eigenvalue weighted by Gasteiger charge is 2.23. The lowest BCUT2D eigenvalue weighted by Gasteiger charge is -2.27. The summed E-state index contributed by atoms with van der Waals surface area (Å²) in [6.45, 7) is 7.76. The number of fused-ring (bicyclic) bond motifs is 1. The van der Waals surface area contributed by atoms with Crippen molar-refractivity contribution in [2.75, 3.05) is 0 Å². The molecule has 3 heteroatoms. The number of benzene rings is 1. The number of carbonyl (C=O) groups is 1. The molecular formula is C16H23NO2. The van der Waals surface area contributed by atoms with Gasteiger partial charge in [-0.15, -0.1) is 0 Å². The van der Waals surface area contributed by atoms with Gasteiger partial charge in [0.15, 0.2) is 0 Å². The van der Waals surface area contributed by atoms with Crippen molar-refractivity contribution >= 4 is 6.09 Å². The molecular weight excluding hydrogens is 238 g/mol. The van der Waals surface area contributed by atoms with Crippen LogP contribution in [0.3, 0.4) is 0 Å². The summed E-state index contributed by atoms with van der Waals surface area (Å²) in [5.74, 6) is 0. The summed E-state index contributed by atoms with van der Waals surface area (Å²) in [5, 5.41) is 2.97. The predicted molar refractivity (Wildman–Crippen MR) is 76.4 cm³/mol. The normalized spacial score (nSPS) is 18.6. The second kappa shape index (κ2) is 5.24. The van der Waals surface area contributed by atoms with Crippen LogP contribution in [-0.4, -0.2) is 17.7 Å². The first kappa shape index (κ1) is 13.9. The molecule has 104 valence electrons. The number of hydrogen-bond donors (Lipinski definition) is 1. The molecule has 19 heavy (non-hydrogen) atoms. The molecule has 0 radical (unpaired) electrons. The summed E-state index contributed by atoms with van der Waals surface area (Å²) >= 11 is 0. The van der Waals surface area contributed by atoms with E-state index in [2.05, 4.69) is 30.4 Å². The number of hydrogen-bond acceptors (Lipinski definition) is 2. The molecule has 3 nitrogen and oxygen atoms in total. The van der Waals surface area contributed by atoms with Crippen LogP contribution in [0.25, 0.3) is 0 Å². The fourth-order valence-corrected chi connectivity index (χ4v) is 2.48. The Morgan fingerprint density at radius 2 is 2.05 bits per heavy atom. The highest BCUT2D eigenvalue weighted by Crippen LogP contribution is 2.22. The average molecular weight is 261 g/mol. The van der Waals surface area contributed by atoms with Gasteiger partial charge in [0.2, 0.25) is 0 Å². The fourth-order valence-electron chi connectivity index (χ4n) is 2.48. The van der Waals surface area contributed by atoms with Crippen LogP contribution in [0.15, 0.2) is 18.2 Å². The van der Waals surface area contributed by atoms with Gasteiger partial charge in [0.25, 0.3) is 0 Å². The quantitative estimate of drug-likeness (QED) is 0.841.